The summed E-state index contributed by atoms with van der Waals surface area (Å²) in [5.74, 6) is 0. The number of aromatic nitrogens is 3. The fourth-order valence-electron chi connectivity index (χ4n) is 2.26. The molecule has 1 N–H and O–H groups in total. The molecule has 2 heterocycles. The standard InChI is InChI=1S/C14H13F2N3O2/c15-11(16)7-21-6-5-19-8-17-13-12(14(19)20)9-3-1-2-4-10(9)18-13/h1-4,8,11,18H,5-7H2. The number of halogens is 2. The van der Waals surface area contributed by atoms with Gasteiger partial charge < -0.3 is 9.72 Å². The third-order valence-corrected chi connectivity index (χ3v) is 3.21. The highest BCUT2D eigenvalue weighted by Gasteiger charge is 2.10. The van der Waals surface area contributed by atoms with Crippen molar-refractivity contribution < 1.29 is 13.5 Å². The maximum atomic E-state index is 12.4. The maximum Gasteiger partial charge on any atom is 0.263 e. The number of hydrogen-bond donors (Lipinski definition) is 1. The number of ether oxygens (including phenoxy) is 1. The van der Waals surface area contributed by atoms with Gasteiger partial charge in [-0.15, -0.1) is 0 Å². The van der Waals surface area contributed by atoms with Crippen LogP contribution in [0.15, 0.2) is 35.4 Å². The average Bonchev–Trinajstić information content (AvgIpc) is 2.84. The molecule has 0 aliphatic carbocycles. The molecule has 5 nitrogen and oxygen atoms in total. The quantitative estimate of drug-likeness (QED) is 0.733. The number of hydrogen-bond acceptors (Lipinski definition) is 3. The van der Waals surface area contributed by atoms with E-state index in [1.54, 1.807) is 0 Å². The van der Waals surface area contributed by atoms with Crippen molar-refractivity contribution in [2.24, 2.45) is 0 Å². The molecular weight excluding hydrogens is 280 g/mol. The molecule has 3 rings (SSSR count). The lowest BCUT2D eigenvalue weighted by atomic mass is 10.2. The van der Waals surface area contributed by atoms with Gasteiger partial charge in [0, 0.05) is 10.9 Å². The van der Waals surface area contributed by atoms with E-state index in [9.17, 15) is 13.6 Å². The van der Waals surface area contributed by atoms with E-state index in [1.807, 2.05) is 24.3 Å². The number of H-pyrrole nitrogens is 1. The Morgan fingerprint density at radius 2 is 2.14 bits per heavy atom. The fraction of sp³-hybridized carbons (Fsp3) is 0.286. The molecule has 0 saturated heterocycles. The SMILES string of the molecule is O=c1c2c(ncn1CCOCC(F)F)[nH]c1ccccc12. The largest absolute Gasteiger partial charge is 0.374 e. The van der Waals surface area contributed by atoms with Crippen molar-refractivity contribution in [1.82, 2.24) is 14.5 Å². The molecule has 0 aliphatic heterocycles. The Kier molecular flexibility index (Phi) is 3.66. The molecule has 0 spiro atoms. The van der Waals surface area contributed by atoms with Gasteiger partial charge in [-0.2, -0.15) is 0 Å². The fourth-order valence-corrected chi connectivity index (χ4v) is 2.26. The molecule has 0 radical (unpaired) electrons. The first-order valence-corrected chi connectivity index (χ1v) is 6.48. The number of aromatic amines is 1. The number of nitrogens with zero attached hydrogens (tertiary/aromatic N) is 2. The van der Waals surface area contributed by atoms with E-state index in [0.29, 0.717) is 11.0 Å². The highest BCUT2D eigenvalue weighted by molar-refractivity contribution is 6.05. The topological polar surface area (TPSA) is 59.9 Å². The van der Waals surface area contributed by atoms with Crippen LogP contribution in [0, 0.1) is 0 Å². The highest BCUT2D eigenvalue weighted by atomic mass is 19.3. The zero-order valence-electron chi connectivity index (χ0n) is 11.1. The lowest BCUT2D eigenvalue weighted by Crippen LogP contribution is -2.23. The van der Waals surface area contributed by atoms with Crippen LogP contribution in [0.3, 0.4) is 0 Å². The van der Waals surface area contributed by atoms with E-state index >= 15 is 0 Å². The molecule has 21 heavy (non-hydrogen) atoms. The second kappa shape index (κ2) is 5.61. The number of para-hydroxylation sites is 1. The maximum absolute atomic E-state index is 12.4. The molecule has 0 atom stereocenters. The summed E-state index contributed by atoms with van der Waals surface area (Å²) in [6, 6.07) is 7.42. The van der Waals surface area contributed by atoms with Crippen molar-refractivity contribution >= 4 is 21.9 Å². The number of benzene rings is 1. The first-order valence-electron chi connectivity index (χ1n) is 6.48. The van der Waals surface area contributed by atoms with Crippen molar-refractivity contribution in [2.75, 3.05) is 13.2 Å². The van der Waals surface area contributed by atoms with Crippen LogP contribution < -0.4 is 5.56 Å². The average molecular weight is 293 g/mol. The van der Waals surface area contributed by atoms with Crippen molar-refractivity contribution in [3.63, 3.8) is 0 Å². The van der Waals surface area contributed by atoms with Gasteiger partial charge in [-0.25, -0.2) is 13.8 Å². The first kappa shape index (κ1) is 13.7. The highest BCUT2D eigenvalue weighted by Crippen LogP contribution is 2.20. The van der Waals surface area contributed by atoms with Gasteiger partial charge in [-0.05, 0) is 6.07 Å². The van der Waals surface area contributed by atoms with E-state index < -0.39 is 13.0 Å². The monoisotopic (exact) mass is 293 g/mol. The molecule has 3 aromatic rings. The predicted molar refractivity (Wildman–Crippen MR) is 74.7 cm³/mol. The third kappa shape index (κ3) is 2.64. The minimum Gasteiger partial charge on any atom is -0.374 e. The Balaban J connectivity index is 1.92. The van der Waals surface area contributed by atoms with E-state index in [2.05, 4.69) is 9.97 Å². The normalized spacial score (nSPS) is 11.8. The van der Waals surface area contributed by atoms with Crippen molar-refractivity contribution in [3.8, 4) is 0 Å². The number of rotatable bonds is 5. The van der Waals surface area contributed by atoms with Gasteiger partial charge in [0.05, 0.1) is 24.9 Å². The minimum atomic E-state index is -2.50. The van der Waals surface area contributed by atoms with Gasteiger partial charge in [-0.3, -0.25) is 9.36 Å². The summed E-state index contributed by atoms with van der Waals surface area (Å²) in [5, 5.41) is 1.30. The summed E-state index contributed by atoms with van der Waals surface area (Å²) < 4.78 is 30.1. The Hall–Kier alpha value is -2.28. The van der Waals surface area contributed by atoms with Crippen molar-refractivity contribution in [3.05, 3.63) is 40.9 Å². The van der Waals surface area contributed by atoms with Gasteiger partial charge in [0.2, 0.25) is 0 Å². The Morgan fingerprint density at radius 3 is 2.95 bits per heavy atom. The van der Waals surface area contributed by atoms with Gasteiger partial charge >= 0.3 is 0 Å². The number of nitrogens with one attached hydrogen (secondary N) is 1. The summed E-state index contributed by atoms with van der Waals surface area (Å²) in [5.41, 5.74) is 1.15. The van der Waals surface area contributed by atoms with Gasteiger partial charge in [-0.1, -0.05) is 18.2 Å². The molecule has 0 fully saturated rings. The van der Waals surface area contributed by atoms with Crippen LogP contribution in [0.5, 0.6) is 0 Å². The molecule has 110 valence electrons. The Labute approximate surface area is 118 Å². The predicted octanol–water partition coefficient (Wildman–Crippen LogP) is 2.16. The van der Waals surface area contributed by atoms with Crippen molar-refractivity contribution in [1.29, 1.82) is 0 Å². The minimum absolute atomic E-state index is 0.0415. The summed E-state index contributed by atoms with van der Waals surface area (Å²) >= 11 is 0. The molecule has 0 saturated carbocycles. The van der Waals surface area contributed by atoms with Crippen LogP contribution in [0.2, 0.25) is 0 Å². The van der Waals surface area contributed by atoms with Gasteiger partial charge in [0.15, 0.2) is 0 Å². The number of fused-ring (bicyclic) bond motifs is 3. The molecule has 1 aromatic carbocycles. The smallest absolute Gasteiger partial charge is 0.263 e. The van der Waals surface area contributed by atoms with Crippen LogP contribution in [0.1, 0.15) is 0 Å². The van der Waals surface area contributed by atoms with E-state index in [0.717, 1.165) is 10.9 Å². The van der Waals surface area contributed by atoms with Gasteiger partial charge in [0.25, 0.3) is 12.0 Å². The summed E-state index contributed by atoms with van der Waals surface area (Å²) in [6.07, 6.45) is -1.11. The van der Waals surface area contributed by atoms with Gasteiger partial charge in [0.1, 0.15) is 12.3 Å². The summed E-state index contributed by atoms with van der Waals surface area (Å²) in [6.45, 7) is -0.398. The van der Waals surface area contributed by atoms with Crippen LogP contribution in [0.25, 0.3) is 21.9 Å². The van der Waals surface area contributed by atoms with E-state index in [4.69, 9.17) is 4.74 Å². The van der Waals surface area contributed by atoms with Crippen LogP contribution in [0.4, 0.5) is 8.78 Å². The van der Waals surface area contributed by atoms with Crippen LogP contribution in [-0.4, -0.2) is 34.2 Å². The second-order valence-corrected chi connectivity index (χ2v) is 4.60. The van der Waals surface area contributed by atoms with Crippen LogP contribution in [-0.2, 0) is 11.3 Å². The number of alkyl halides is 2. The Bertz CT molecular complexity index is 826. The Morgan fingerprint density at radius 1 is 1.33 bits per heavy atom. The summed E-state index contributed by atoms with van der Waals surface area (Å²) in [4.78, 5) is 19.7. The van der Waals surface area contributed by atoms with E-state index in [1.165, 1.54) is 10.9 Å². The van der Waals surface area contributed by atoms with Crippen molar-refractivity contribution in [2.45, 2.75) is 13.0 Å². The molecule has 0 bridgehead atoms. The molecule has 7 heteroatoms. The molecule has 0 unspecified atom stereocenters. The summed E-state index contributed by atoms with van der Waals surface area (Å²) in [7, 11) is 0. The zero-order valence-corrected chi connectivity index (χ0v) is 11.1. The molecule has 0 aliphatic rings. The lowest BCUT2D eigenvalue weighted by Gasteiger charge is -2.06. The third-order valence-electron chi connectivity index (χ3n) is 3.21. The molecular formula is C14H13F2N3O2. The van der Waals surface area contributed by atoms with Crippen LogP contribution >= 0.6 is 0 Å². The van der Waals surface area contributed by atoms with E-state index in [-0.39, 0.29) is 18.7 Å². The lowest BCUT2D eigenvalue weighted by molar-refractivity contribution is 0.0145. The zero-order chi connectivity index (χ0) is 14.8. The molecule has 0 amide bonds. The molecule has 2 aromatic heterocycles. The first-order chi connectivity index (χ1) is 10.2. The second-order valence-electron chi connectivity index (χ2n) is 4.60.